The summed E-state index contributed by atoms with van der Waals surface area (Å²) >= 11 is 0. The average molecular weight is 558 g/mol. The van der Waals surface area contributed by atoms with E-state index in [4.69, 9.17) is 9.47 Å². The standard InChI is InChI=1S/C27H25F2N3O6S/c1-3-38-16-24-31-26(33)25(27(34)32(24)22(15-37-2)17-7-5-4-6-8-17)39(35,36)19-10-11-20(21(28)13-19)18-9-12-23(29)30-14-18/h4-14,22,33H,3,15-16H2,1-2H3/t22-/m0/s1. The molecule has 0 aliphatic rings. The van der Waals surface area contributed by atoms with Crippen molar-refractivity contribution in [2.24, 2.45) is 0 Å². The van der Waals surface area contributed by atoms with Gasteiger partial charge in [0.2, 0.25) is 21.7 Å². The fourth-order valence-electron chi connectivity index (χ4n) is 4.10. The number of ether oxygens (including phenoxy) is 2. The van der Waals surface area contributed by atoms with Gasteiger partial charge in [-0.25, -0.2) is 17.8 Å². The van der Waals surface area contributed by atoms with E-state index >= 15 is 4.39 Å². The maximum absolute atomic E-state index is 15.0. The molecule has 0 fully saturated rings. The molecule has 1 N–H and O–H groups in total. The molecule has 9 nitrogen and oxygen atoms in total. The summed E-state index contributed by atoms with van der Waals surface area (Å²) in [5.74, 6) is -2.77. The summed E-state index contributed by atoms with van der Waals surface area (Å²) in [6, 6.07) is 13.2. The first kappa shape index (κ1) is 28.0. The van der Waals surface area contributed by atoms with Gasteiger partial charge in [0.25, 0.3) is 5.56 Å². The topological polar surface area (TPSA) is 121 Å². The fraction of sp³-hybridized carbons (Fsp3) is 0.222. The molecule has 2 aromatic heterocycles. The van der Waals surface area contributed by atoms with E-state index in [1.165, 1.54) is 19.2 Å². The summed E-state index contributed by atoms with van der Waals surface area (Å²) in [7, 11) is -3.34. The Labute approximate surface area is 223 Å². The van der Waals surface area contributed by atoms with Crippen LogP contribution in [0.3, 0.4) is 0 Å². The van der Waals surface area contributed by atoms with Crippen LogP contribution in [0.2, 0.25) is 0 Å². The third kappa shape index (κ3) is 5.72. The second-order valence-corrected chi connectivity index (χ2v) is 10.3. The molecule has 0 unspecified atom stereocenters. The Morgan fingerprint density at radius 2 is 1.82 bits per heavy atom. The number of aromatic nitrogens is 3. The van der Waals surface area contributed by atoms with Crippen LogP contribution in [0.25, 0.3) is 11.1 Å². The Morgan fingerprint density at radius 1 is 1.08 bits per heavy atom. The number of halogens is 2. The van der Waals surface area contributed by atoms with Crippen molar-refractivity contribution in [3.05, 3.63) is 100 Å². The zero-order valence-electron chi connectivity index (χ0n) is 21.0. The normalized spacial score (nSPS) is 12.4. The van der Waals surface area contributed by atoms with Crippen LogP contribution >= 0.6 is 0 Å². The number of benzene rings is 2. The summed E-state index contributed by atoms with van der Waals surface area (Å²) < 4.78 is 67.3. The molecule has 2 heterocycles. The quantitative estimate of drug-likeness (QED) is 0.292. The van der Waals surface area contributed by atoms with Gasteiger partial charge in [-0.3, -0.25) is 9.36 Å². The molecule has 0 saturated carbocycles. The van der Waals surface area contributed by atoms with Crippen LogP contribution < -0.4 is 5.56 Å². The second kappa shape index (κ2) is 11.8. The van der Waals surface area contributed by atoms with Crippen molar-refractivity contribution in [3.63, 3.8) is 0 Å². The third-order valence-electron chi connectivity index (χ3n) is 5.94. The van der Waals surface area contributed by atoms with Gasteiger partial charge in [-0.15, -0.1) is 0 Å². The minimum atomic E-state index is -4.76. The smallest absolute Gasteiger partial charge is 0.277 e. The van der Waals surface area contributed by atoms with Crippen molar-refractivity contribution in [3.8, 4) is 17.0 Å². The summed E-state index contributed by atoms with van der Waals surface area (Å²) in [5, 5.41) is 10.7. The van der Waals surface area contributed by atoms with Gasteiger partial charge in [-0.05, 0) is 36.8 Å². The number of methoxy groups -OCH3 is 1. The van der Waals surface area contributed by atoms with Crippen molar-refractivity contribution in [1.82, 2.24) is 14.5 Å². The van der Waals surface area contributed by atoms with Crippen molar-refractivity contribution < 1.29 is 31.8 Å². The molecule has 1 atom stereocenters. The summed E-state index contributed by atoms with van der Waals surface area (Å²) in [6.45, 7) is 1.78. The fourth-order valence-corrected chi connectivity index (χ4v) is 5.46. The molecule has 2 aromatic carbocycles. The number of aromatic hydroxyl groups is 1. The van der Waals surface area contributed by atoms with Crippen LogP contribution in [0.15, 0.2) is 81.4 Å². The van der Waals surface area contributed by atoms with E-state index in [-0.39, 0.29) is 36.8 Å². The minimum absolute atomic E-state index is 0.0189. The van der Waals surface area contributed by atoms with Crippen molar-refractivity contribution in [2.45, 2.75) is 29.4 Å². The van der Waals surface area contributed by atoms with Gasteiger partial charge in [-0.1, -0.05) is 36.4 Å². The number of sulfone groups is 1. The Morgan fingerprint density at radius 3 is 2.44 bits per heavy atom. The Balaban J connectivity index is 1.89. The summed E-state index contributed by atoms with van der Waals surface area (Å²) in [5.41, 5.74) is -0.263. The lowest BCUT2D eigenvalue weighted by molar-refractivity contribution is 0.116. The first-order valence-electron chi connectivity index (χ1n) is 11.8. The van der Waals surface area contributed by atoms with E-state index in [9.17, 15) is 22.7 Å². The molecule has 0 aliphatic carbocycles. The lowest BCUT2D eigenvalue weighted by Crippen LogP contribution is -2.35. The van der Waals surface area contributed by atoms with Crippen LogP contribution in [0.1, 0.15) is 24.4 Å². The number of rotatable bonds is 10. The highest BCUT2D eigenvalue weighted by Crippen LogP contribution is 2.30. The number of hydrogen-bond acceptors (Lipinski definition) is 8. The predicted molar refractivity (Wildman–Crippen MR) is 137 cm³/mol. The van der Waals surface area contributed by atoms with E-state index in [0.29, 0.717) is 5.56 Å². The Bertz CT molecular complexity index is 1630. The molecule has 0 spiro atoms. The van der Waals surface area contributed by atoms with Gasteiger partial charge in [-0.2, -0.15) is 9.37 Å². The molecule has 0 saturated heterocycles. The van der Waals surface area contributed by atoms with Gasteiger partial charge in [0, 0.05) is 31.0 Å². The molecule has 4 aromatic rings. The lowest BCUT2D eigenvalue weighted by Gasteiger charge is -2.23. The zero-order chi connectivity index (χ0) is 28.2. The van der Waals surface area contributed by atoms with Crippen molar-refractivity contribution >= 4 is 9.84 Å². The van der Waals surface area contributed by atoms with E-state index in [1.54, 1.807) is 37.3 Å². The SMILES string of the molecule is CCOCc1nc(O)c(S(=O)(=O)c2ccc(-c3ccc(F)nc3)c(F)c2)c(=O)n1[C@@H](COC)c1ccccc1. The van der Waals surface area contributed by atoms with Crippen LogP contribution in [-0.2, 0) is 25.9 Å². The molecule has 0 bridgehead atoms. The van der Waals surface area contributed by atoms with E-state index < -0.39 is 48.9 Å². The molecule has 0 radical (unpaired) electrons. The largest absolute Gasteiger partial charge is 0.492 e. The first-order chi connectivity index (χ1) is 18.7. The van der Waals surface area contributed by atoms with Crippen LogP contribution in [0.5, 0.6) is 5.88 Å². The molecule has 39 heavy (non-hydrogen) atoms. The zero-order valence-corrected chi connectivity index (χ0v) is 21.9. The molecular weight excluding hydrogens is 532 g/mol. The first-order valence-corrected chi connectivity index (χ1v) is 13.3. The molecule has 12 heteroatoms. The van der Waals surface area contributed by atoms with E-state index in [1.807, 2.05) is 0 Å². The highest BCUT2D eigenvalue weighted by Gasteiger charge is 2.32. The van der Waals surface area contributed by atoms with Gasteiger partial charge in [0.1, 0.15) is 18.2 Å². The molecule has 4 rings (SSSR count). The third-order valence-corrected chi connectivity index (χ3v) is 7.71. The van der Waals surface area contributed by atoms with Crippen LogP contribution in [0, 0.1) is 11.8 Å². The Kier molecular flexibility index (Phi) is 8.48. The van der Waals surface area contributed by atoms with Gasteiger partial charge in [0.15, 0.2) is 4.90 Å². The van der Waals surface area contributed by atoms with Gasteiger partial charge in [0.05, 0.1) is 17.5 Å². The highest BCUT2D eigenvalue weighted by molar-refractivity contribution is 7.91. The average Bonchev–Trinajstić information content (AvgIpc) is 2.92. The van der Waals surface area contributed by atoms with E-state index in [0.717, 1.165) is 29.0 Å². The predicted octanol–water partition coefficient (Wildman–Crippen LogP) is 3.89. The molecule has 0 amide bonds. The Hall–Kier alpha value is -4.00. The van der Waals surface area contributed by atoms with Gasteiger partial charge >= 0.3 is 0 Å². The van der Waals surface area contributed by atoms with E-state index in [2.05, 4.69) is 9.97 Å². The highest BCUT2D eigenvalue weighted by atomic mass is 32.2. The maximum atomic E-state index is 15.0. The van der Waals surface area contributed by atoms with Crippen molar-refractivity contribution in [2.75, 3.05) is 20.3 Å². The monoisotopic (exact) mass is 557 g/mol. The van der Waals surface area contributed by atoms with Crippen LogP contribution in [0.4, 0.5) is 8.78 Å². The van der Waals surface area contributed by atoms with Crippen LogP contribution in [-0.4, -0.2) is 48.4 Å². The lowest BCUT2D eigenvalue weighted by atomic mass is 10.1. The number of nitrogens with zero attached hydrogens (tertiary/aromatic N) is 3. The number of hydrogen-bond donors (Lipinski definition) is 1. The number of pyridine rings is 1. The molecular formula is C27H25F2N3O6S. The second-order valence-electron chi connectivity index (χ2n) is 8.39. The molecule has 0 aliphatic heterocycles. The summed E-state index contributed by atoms with van der Waals surface area (Å²) in [6.07, 6.45) is 1.10. The van der Waals surface area contributed by atoms with Crippen molar-refractivity contribution in [1.29, 1.82) is 0 Å². The maximum Gasteiger partial charge on any atom is 0.277 e. The minimum Gasteiger partial charge on any atom is -0.492 e. The summed E-state index contributed by atoms with van der Waals surface area (Å²) in [4.78, 5) is 19.7. The molecule has 204 valence electrons. The van der Waals surface area contributed by atoms with Gasteiger partial charge < -0.3 is 14.6 Å².